The van der Waals surface area contributed by atoms with Gasteiger partial charge in [-0.25, -0.2) is 4.79 Å². The fraction of sp³-hybridized carbons (Fsp3) is 0.455. The highest BCUT2D eigenvalue weighted by atomic mass is 32.1. The lowest BCUT2D eigenvalue weighted by Crippen LogP contribution is -2.31. The highest BCUT2D eigenvalue weighted by molar-refractivity contribution is 7.07. The van der Waals surface area contributed by atoms with Gasteiger partial charge in [0.25, 0.3) is 0 Å². The Labute approximate surface area is 103 Å². The maximum atomic E-state index is 11.6. The van der Waals surface area contributed by atoms with Gasteiger partial charge in [-0.05, 0) is 29.7 Å². The number of rotatable bonds is 4. The molecular weight excluding hydrogens is 242 g/mol. The quantitative estimate of drug-likeness (QED) is 0.808. The molecule has 1 saturated heterocycles. The molecule has 0 aliphatic carbocycles. The molecular formula is C11H13NO4S. The summed E-state index contributed by atoms with van der Waals surface area (Å²) in [6.07, 6.45) is -0.358. The zero-order chi connectivity index (χ0) is 12.3. The number of amides is 1. The van der Waals surface area contributed by atoms with Crippen LogP contribution in [0.2, 0.25) is 0 Å². The minimum Gasteiger partial charge on any atom is -0.459 e. The first-order valence-electron chi connectivity index (χ1n) is 5.29. The molecule has 1 fully saturated rings. The summed E-state index contributed by atoms with van der Waals surface area (Å²) in [4.78, 5) is 22.5. The van der Waals surface area contributed by atoms with Crippen molar-refractivity contribution in [2.45, 2.75) is 31.7 Å². The number of hydrogen-bond acceptors (Lipinski definition) is 5. The molecule has 1 amide bonds. The van der Waals surface area contributed by atoms with E-state index in [1.807, 2.05) is 16.8 Å². The van der Waals surface area contributed by atoms with Crippen LogP contribution in [-0.4, -0.2) is 24.1 Å². The Kier molecular flexibility index (Phi) is 3.75. The van der Waals surface area contributed by atoms with Crippen molar-refractivity contribution < 1.29 is 19.1 Å². The van der Waals surface area contributed by atoms with Crippen LogP contribution in [0.1, 0.15) is 18.4 Å². The molecule has 6 heteroatoms. The van der Waals surface area contributed by atoms with Crippen LogP contribution in [0.5, 0.6) is 0 Å². The van der Waals surface area contributed by atoms with E-state index in [4.69, 9.17) is 15.2 Å². The average molecular weight is 255 g/mol. The Morgan fingerprint density at radius 3 is 2.82 bits per heavy atom. The Bertz CT molecular complexity index is 404. The molecule has 2 N–H and O–H groups in total. The molecule has 0 saturated carbocycles. The lowest BCUT2D eigenvalue weighted by molar-refractivity contribution is -0.158. The van der Waals surface area contributed by atoms with Gasteiger partial charge in [0.2, 0.25) is 5.91 Å². The molecule has 1 aromatic heterocycles. The molecule has 5 nitrogen and oxygen atoms in total. The number of esters is 1. The second-order valence-electron chi connectivity index (χ2n) is 3.83. The number of primary amides is 1. The fourth-order valence-corrected chi connectivity index (χ4v) is 2.30. The zero-order valence-electron chi connectivity index (χ0n) is 9.13. The number of carbonyl (C=O) groups is 2. The monoisotopic (exact) mass is 255 g/mol. The van der Waals surface area contributed by atoms with Crippen molar-refractivity contribution >= 4 is 23.2 Å². The van der Waals surface area contributed by atoms with E-state index in [0.717, 1.165) is 5.56 Å². The number of ether oxygens (including phenoxy) is 2. The van der Waals surface area contributed by atoms with Crippen molar-refractivity contribution in [3.63, 3.8) is 0 Å². The van der Waals surface area contributed by atoms with Crippen LogP contribution in [0.3, 0.4) is 0 Å². The second-order valence-corrected chi connectivity index (χ2v) is 4.61. The van der Waals surface area contributed by atoms with E-state index in [1.54, 1.807) is 11.3 Å². The van der Waals surface area contributed by atoms with Gasteiger partial charge in [-0.2, -0.15) is 11.3 Å². The molecule has 0 bridgehead atoms. The van der Waals surface area contributed by atoms with E-state index < -0.39 is 24.1 Å². The Hall–Kier alpha value is -1.40. The summed E-state index contributed by atoms with van der Waals surface area (Å²) in [6.45, 7) is 0.240. The van der Waals surface area contributed by atoms with Crippen molar-refractivity contribution in [3.8, 4) is 0 Å². The molecule has 1 aliphatic heterocycles. The maximum absolute atomic E-state index is 11.6. The molecule has 1 aliphatic rings. The first kappa shape index (κ1) is 12.1. The van der Waals surface area contributed by atoms with Gasteiger partial charge in [-0.15, -0.1) is 0 Å². The van der Waals surface area contributed by atoms with Crippen LogP contribution in [-0.2, 0) is 25.7 Å². The lowest BCUT2D eigenvalue weighted by Gasteiger charge is -2.10. The van der Waals surface area contributed by atoms with E-state index in [-0.39, 0.29) is 6.61 Å². The van der Waals surface area contributed by atoms with Crippen LogP contribution >= 0.6 is 11.3 Å². The van der Waals surface area contributed by atoms with E-state index in [0.29, 0.717) is 12.8 Å². The number of hydrogen-bond donors (Lipinski definition) is 1. The summed E-state index contributed by atoms with van der Waals surface area (Å²) in [5.41, 5.74) is 6.05. The first-order chi connectivity index (χ1) is 8.16. The maximum Gasteiger partial charge on any atom is 0.335 e. The molecule has 0 unspecified atom stereocenters. The van der Waals surface area contributed by atoms with Gasteiger partial charge in [0.15, 0.2) is 6.10 Å². The van der Waals surface area contributed by atoms with Crippen molar-refractivity contribution in [1.82, 2.24) is 0 Å². The molecule has 92 valence electrons. The van der Waals surface area contributed by atoms with Crippen LogP contribution in [0.25, 0.3) is 0 Å². The van der Waals surface area contributed by atoms with Crippen LogP contribution in [0, 0.1) is 0 Å². The van der Waals surface area contributed by atoms with Crippen LogP contribution < -0.4 is 5.73 Å². The molecule has 1 aromatic rings. The minimum atomic E-state index is -0.661. The van der Waals surface area contributed by atoms with E-state index in [1.165, 1.54) is 0 Å². The van der Waals surface area contributed by atoms with Crippen molar-refractivity contribution in [2.75, 3.05) is 0 Å². The molecule has 2 heterocycles. The van der Waals surface area contributed by atoms with E-state index in [9.17, 15) is 9.59 Å². The van der Waals surface area contributed by atoms with Gasteiger partial charge >= 0.3 is 5.97 Å². The Balaban J connectivity index is 1.79. The average Bonchev–Trinajstić information content (AvgIpc) is 2.96. The summed E-state index contributed by atoms with van der Waals surface area (Å²) in [6, 6.07) is 1.89. The standard InChI is InChI=1S/C11H13NO4S/c12-10(13)8-1-2-9(16-8)11(14)15-5-7-3-4-17-6-7/h3-4,6,8-9H,1-2,5H2,(H2,12,13)/t8-,9+/m0/s1. The van der Waals surface area contributed by atoms with Gasteiger partial charge in [-0.1, -0.05) is 0 Å². The van der Waals surface area contributed by atoms with E-state index >= 15 is 0 Å². The number of thiophene rings is 1. The molecule has 2 atom stereocenters. The van der Waals surface area contributed by atoms with Crippen molar-refractivity contribution in [2.24, 2.45) is 5.73 Å². The van der Waals surface area contributed by atoms with Gasteiger partial charge in [0.05, 0.1) is 0 Å². The minimum absolute atomic E-state index is 0.240. The topological polar surface area (TPSA) is 78.6 Å². The van der Waals surface area contributed by atoms with Crippen LogP contribution in [0.15, 0.2) is 16.8 Å². The highest BCUT2D eigenvalue weighted by Crippen LogP contribution is 2.21. The highest BCUT2D eigenvalue weighted by Gasteiger charge is 2.34. The number of carbonyl (C=O) groups excluding carboxylic acids is 2. The smallest absolute Gasteiger partial charge is 0.335 e. The predicted octanol–water partition coefficient (Wildman–Crippen LogP) is 0.824. The Morgan fingerprint density at radius 1 is 1.47 bits per heavy atom. The summed E-state index contributed by atoms with van der Waals surface area (Å²) in [5.74, 6) is -0.960. The zero-order valence-corrected chi connectivity index (χ0v) is 9.94. The van der Waals surface area contributed by atoms with Crippen molar-refractivity contribution in [1.29, 1.82) is 0 Å². The summed E-state index contributed by atoms with van der Waals surface area (Å²) < 4.78 is 10.3. The molecule has 0 aromatic carbocycles. The third-order valence-corrected chi connectivity index (χ3v) is 3.29. The van der Waals surface area contributed by atoms with Crippen molar-refractivity contribution in [3.05, 3.63) is 22.4 Å². The molecule has 17 heavy (non-hydrogen) atoms. The molecule has 0 radical (unpaired) electrons. The molecule has 0 spiro atoms. The van der Waals surface area contributed by atoms with Gasteiger partial charge in [0, 0.05) is 5.56 Å². The predicted molar refractivity (Wildman–Crippen MR) is 61.2 cm³/mol. The van der Waals surface area contributed by atoms with Crippen LogP contribution in [0.4, 0.5) is 0 Å². The number of nitrogens with two attached hydrogens (primary N) is 1. The third-order valence-electron chi connectivity index (χ3n) is 2.56. The Morgan fingerprint density at radius 2 is 2.24 bits per heavy atom. The fourth-order valence-electron chi connectivity index (χ4n) is 1.64. The molecule has 2 rings (SSSR count). The normalized spacial score (nSPS) is 23.5. The van der Waals surface area contributed by atoms with E-state index in [2.05, 4.69) is 0 Å². The van der Waals surface area contributed by atoms with Gasteiger partial charge in [0.1, 0.15) is 12.7 Å². The largest absolute Gasteiger partial charge is 0.459 e. The summed E-state index contributed by atoms with van der Waals surface area (Å²) in [7, 11) is 0. The van der Waals surface area contributed by atoms with Gasteiger partial charge < -0.3 is 15.2 Å². The summed E-state index contributed by atoms with van der Waals surface area (Å²) >= 11 is 1.54. The second kappa shape index (κ2) is 5.29. The first-order valence-corrected chi connectivity index (χ1v) is 6.23. The summed E-state index contributed by atoms with van der Waals surface area (Å²) in [5, 5.41) is 3.83. The SMILES string of the molecule is NC(=O)[C@@H]1CC[C@H](C(=O)OCc2ccsc2)O1. The van der Waals surface area contributed by atoms with Gasteiger partial charge in [-0.3, -0.25) is 4.79 Å². The lowest BCUT2D eigenvalue weighted by atomic mass is 10.2. The third kappa shape index (κ3) is 3.04.